The Morgan fingerprint density at radius 1 is 0.720 bits per heavy atom. The number of rotatable bonds is 7. The molecule has 0 aliphatic rings. The van der Waals surface area contributed by atoms with Gasteiger partial charge in [-0.1, -0.05) is 80.4 Å². The van der Waals surface area contributed by atoms with Gasteiger partial charge in [-0.3, -0.25) is 0 Å². The molecule has 3 aromatic rings. The first-order valence-corrected chi connectivity index (χ1v) is 9.08. The number of anilines is 2. The van der Waals surface area contributed by atoms with E-state index in [1.54, 1.807) is 0 Å². The molecule has 0 bridgehead atoms. The third-order valence-electron chi connectivity index (χ3n) is 4.46. The summed E-state index contributed by atoms with van der Waals surface area (Å²) in [5, 5.41) is 3.63. The summed E-state index contributed by atoms with van der Waals surface area (Å²) < 4.78 is 0. The molecule has 0 aliphatic heterocycles. The topological polar surface area (TPSA) is 38.0 Å². The minimum absolute atomic E-state index is 0.809. The van der Waals surface area contributed by atoms with E-state index in [2.05, 4.69) is 66.8 Å². The highest BCUT2D eigenvalue weighted by Gasteiger charge is 2.15. The smallest absolute Gasteiger partial charge is 0.0427 e. The third-order valence-corrected chi connectivity index (χ3v) is 4.46. The minimum Gasteiger partial charge on any atom is -0.398 e. The van der Waals surface area contributed by atoms with E-state index in [0.717, 1.165) is 29.0 Å². The van der Waals surface area contributed by atoms with E-state index >= 15 is 0 Å². The minimum atomic E-state index is 0.809. The molecule has 0 saturated carbocycles. The zero-order valence-corrected chi connectivity index (χ0v) is 14.8. The summed E-state index contributed by atoms with van der Waals surface area (Å²) in [5.41, 5.74) is 13.0. The van der Waals surface area contributed by atoms with Crippen LogP contribution in [0.1, 0.15) is 26.2 Å². The van der Waals surface area contributed by atoms with Crippen molar-refractivity contribution >= 4 is 11.4 Å². The van der Waals surface area contributed by atoms with Crippen molar-refractivity contribution in [2.24, 2.45) is 0 Å². The lowest BCUT2D eigenvalue weighted by atomic mass is 9.91. The molecule has 0 spiro atoms. The van der Waals surface area contributed by atoms with Gasteiger partial charge in [-0.25, -0.2) is 0 Å². The third kappa shape index (κ3) is 4.03. The van der Waals surface area contributed by atoms with Crippen LogP contribution in [0.2, 0.25) is 0 Å². The average Bonchev–Trinajstić information content (AvgIpc) is 2.67. The second-order valence-electron chi connectivity index (χ2n) is 6.32. The summed E-state index contributed by atoms with van der Waals surface area (Å²) in [6, 6.07) is 25.0. The fourth-order valence-corrected chi connectivity index (χ4v) is 3.18. The standard InChI is InChI=1S/C23H26N2/c1-2-3-10-17-25-21-16-15-20(24)22(18-11-6-4-7-12-18)23(21)19-13-8-5-9-14-19/h4-9,11-16,25H,2-3,10,17,24H2,1H3. The second-order valence-corrected chi connectivity index (χ2v) is 6.32. The van der Waals surface area contributed by atoms with Crippen molar-refractivity contribution in [3.8, 4) is 22.3 Å². The Morgan fingerprint density at radius 3 is 1.92 bits per heavy atom. The Kier molecular flexibility index (Phi) is 5.73. The number of nitrogen functional groups attached to an aromatic ring is 1. The van der Waals surface area contributed by atoms with Gasteiger partial charge in [0.2, 0.25) is 0 Å². The molecule has 3 rings (SSSR count). The molecule has 0 heterocycles. The van der Waals surface area contributed by atoms with Crippen LogP contribution < -0.4 is 11.1 Å². The normalized spacial score (nSPS) is 10.6. The lowest BCUT2D eigenvalue weighted by molar-refractivity contribution is 0.744. The van der Waals surface area contributed by atoms with Crippen LogP contribution in [0.3, 0.4) is 0 Å². The van der Waals surface area contributed by atoms with Crippen molar-refractivity contribution in [1.29, 1.82) is 0 Å². The van der Waals surface area contributed by atoms with Crippen LogP contribution >= 0.6 is 0 Å². The summed E-state index contributed by atoms with van der Waals surface area (Å²) in [7, 11) is 0. The second kappa shape index (κ2) is 8.39. The van der Waals surface area contributed by atoms with Gasteiger partial charge in [0.1, 0.15) is 0 Å². The first-order chi connectivity index (χ1) is 12.3. The zero-order chi connectivity index (χ0) is 17.5. The molecule has 0 saturated heterocycles. The lowest BCUT2D eigenvalue weighted by Crippen LogP contribution is -2.05. The molecule has 0 aromatic heterocycles. The maximum Gasteiger partial charge on any atom is 0.0427 e. The summed E-state index contributed by atoms with van der Waals surface area (Å²) >= 11 is 0. The fraction of sp³-hybridized carbons (Fsp3) is 0.217. The van der Waals surface area contributed by atoms with Gasteiger partial charge in [0.15, 0.2) is 0 Å². The number of hydrogen-bond acceptors (Lipinski definition) is 2. The summed E-state index contributed by atoms with van der Waals surface area (Å²) in [6.45, 7) is 3.21. The highest BCUT2D eigenvalue weighted by Crippen LogP contribution is 2.41. The van der Waals surface area contributed by atoms with Crippen molar-refractivity contribution in [2.45, 2.75) is 26.2 Å². The monoisotopic (exact) mass is 330 g/mol. The van der Waals surface area contributed by atoms with Crippen LogP contribution in [-0.2, 0) is 0 Å². The Hall–Kier alpha value is -2.74. The molecule has 2 nitrogen and oxygen atoms in total. The maximum atomic E-state index is 6.41. The van der Waals surface area contributed by atoms with Gasteiger partial charge in [-0.15, -0.1) is 0 Å². The summed E-state index contributed by atoms with van der Waals surface area (Å²) in [5.74, 6) is 0. The van der Waals surface area contributed by atoms with E-state index in [4.69, 9.17) is 5.73 Å². The predicted octanol–water partition coefficient (Wildman–Crippen LogP) is 6.20. The molecule has 0 radical (unpaired) electrons. The highest BCUT2D eigenvalue weighted by molar-refractivity contribution is 5.97. The van der Waals surface area contributed by atoms with E-state index in [1.807, 2.05) is 18.2 Å². The van der Waals surface area contributed by atoms with Crippen LogP contribution in [-0.4, -0.2) is 6.54 Å². The van der Waals surface area contributed by atoms with E-state index in [-0.39, 0.29) is 0 Å². The first-order valence-electron chi connectivity index (χ1n) is 9.08. The van der Waals surface area contributed by atoms with Gasteiger partial charge in [0.05, 0.1) is 0 Å². The number of hydrogen-bond donors (Lipinski definition) is 2. The van der Waals surface area contributed by atoms with Gasteiger partial charge in [0.25, 0.3) is 0 Å². The number of nitrogens with two attached hydrogens (primary N) is 1. The molecular weight excluding hydrogens is 304 g/mol. The Bertz CT molecular complexity index is 795. The molecule has 0 aliphatic carbocycles. The van der Waals surface area contributed by atoms with Crippen LogP contribution in [0, 0.1) is 0 Å². The summed E-state index contributed by atoms with van der Waals surface area (Å²) in [4.78, 5) is 0. The van der Waals surface area contributed by atoms with Crippen LogP contribution in [0.15, 0.2) is 72.8 Å². The Balaban J connectivity index is 2.10. The van der Waals surface area contributed by atoms with Crippen LogP contribution in [0.5, 0.6) is 0 Å². The van der Waals surface area contributed by atoms with Crippen molar-refractivity contribution in [1.82, 2.24) is 0 Å². The SMILES string of the molecule is CCCCCNc1ccc(N)c(-c2ccccc2)c1-c1ccccc1. The van der Waals surface area contributed by atoms with Gasteiger partial charge >= 0.3 is 0 Å². The fourth-order valence-electron chi connectivity index (χ4n) is 3.18. The lowest BCUT2D eigenvalue weighted by Gasteiger charge is -2.19. The average molecular weight is 330 g/mol. The molecule has 0 amide bonds. The number of unbranched alkanes of at least 4 members (excludes halogenated alkanes) is 2. The van der Waals surface area contributed by atoms with Crippen molar-refractivity contribution < 1.29 is 0 Å². The molecule has 25 heavy (non-hydrogen) atoms. The quantitative estimate of drug-likeness (QED) is 0.399. The van der Waals surface area contributed by atoms with Gasteiger partial charge < -0.3 is 11.1 Å². The first kappa shape index (κ1) is 17.1. The Morgan fingerprint density at radius 2 is 1.32 bits per heavy atom. The maximum absolute atomic E-state index is 6.41. The van der Waals surface area contributed by atoms with Crippen molar-refractivity contribution in [3.63, 3.8) is 0 Å². The zero-order valence-electron chi connectivity index (χ0n) is 14.8. The van der Waals surface area contributed by atoms with E-state index in [1.165, 1.54) is 30.4 Å². The molecule has 3 N–H and O–H groups in total. The molecule has 3 aromatic carbocycles. The molecule has 2 heteroatoms. The number of nitrogens with one attached hydrogen (secondary N) is 1. The van der Waals surface area contributed by atoms with E-state index in [9.17, 15) is 0 Å². The number of benzene rings is 3. The Labute approximate surface area is 150 Å². The van der Waals surface area contributed by atoms with Crippen LogP contribution in [0.25, 0.3) is 22.3 Å². The van der Waals surface area contributed by atoms with Gasteiger partial charge in [-0.2, -0.15) is 0 Å². The molecular formula is C23H26N2. The molecule has 128 valence electrons. The largest absolute Gasteiger partial charge is 0.398 e. The highest BCUT2D eigenvalue weighted by atomic mass is 14.9. The van der Waals surface area contributed by atoms with Gasteiger partial charge in [0, 0.05) is 29.0 Å². The van der Waals surface area contributed by atoms with Crippen molar-refractivity contribution in [2.75, 3.05) is 17.6 Å². The summed E-state index contributed by atoms with van der Waals surface area (Å²) in [6.07, 6.45) is 3.65. The molecule has 0 unspecified atom stereocenters. The predicted molar refractivity (Wildman–Crippen MR) is 110 cm³/mol. The molecule has 0 atom stereocenters. The van der Waals surface area contributed by atoms with E-state index in [0.29, 0.717) is 0 Å². The van der Waals surface area contributed by atoms with E-state index < -0.39 is 0 Å². The van der Waals surface area contributed by atoms with Gasteiger partial charge in [-0.05, 0) is 29.7 Å². The van der Waals surface area contributed by atoms with Crippen molar-refractivity contribution in [3.05, 3.63) is 72.8 Å². The van der Waals surface area contributed by atoms with Crippen LogP contribution in [0.4, 0.5) is 11.4 Å². The molecule has 0 fully saturated rings.